The van der Waals surface area contributed by atoms with E-state index in [1.807, 2.05) is 66.7 Å². The number of nitrogens with zero attached hydrogens (tertiary/aromatic N) is 1. The van der Waals surface area contributed by atoms with E-state index < -0.39 is 0 Å². The highest BCUT2D eigenvalue weighted by atomic mass is 16.5. The van der Waals surface area contributed by atoms with Gasteiger partial charge in [-0.2, -0.15) is 0 Å². The summed E-state index contributed by atoms with van der Waals surface area (Å²) in [7, 11) is 1.63. The second kappa shape index (κ2) is 5.67. The third kappa shape index (κ3) is 2.58. The number of hydrogen-bond donors (Lipinski definition) is 0. The van der Waals surface area contributed by atoms with Gasteiger partial charge >= 0.3 is 0 Å². The molecule has 0 N–H and O–H groups in total. The maximum absolute atomic E-state index is 12.6. The van der Waals surface area contributed by atoms with Gasteiger partial charge in [-0.1, -0.05) is 30.3 Å². The quantitative estimate of drug-likeness (QED) is 0.728. The average Bonchev–Trinajstić information content (AvgIpc) is 3.04. The molecule has 0 aliphatic carbocycles. The first-order valence-electron chi connectivity index (χ1n) is 6.71. The van der Waals surface area contributed by atoms with Crippen LogP contribution in [0.4, 0.5) is 0 Å². The summed E-state index contributed by atoms with van der Waals surface area (Å²) < 4.78 is 6.90. The van der Waals surface area contributed by atoms with Crippen LogP contribution in [0.1, 0.15) is 10.4 Å². The van der Waals surface area contributed by atoms with Gasteiger partial charge in [0.25, 0.3) is 5.91 Å². The number of carbonyl (C=O) groups excluding carboxylic acids is 1. The number of aromatic nitrogens is 1. The highest BCUT2D eigenvalue weighted by molar-refractivity contribution is 5.98. The molecule has 0 aliphatic heterocycles. The third-order valence-corrected chi connectivity index (χ3v) is 3.35. The van der Waals surface area contributed by atoms with Crippen molar-refractivity contribution in [2.45, 2.75) is 0 Å². The normalized spacial score (nSPS) is 10.3. The third-order valence-electron chi connectivity index (χ3n) is 3.35. The summed E-state index contributed by atoms with van der Waals surface area (Å²) in [6.45, 7) is 0. The monoisotopic (exact) mass is 277 g/mol. The Hall–Kier alpha value is -2.81. The van der Waals surface area contributed by atoms with Crippen molar-refractivity contribution in [2.24, 2.45) is 0 Å². The zero-order valence-electron chi connectivity index (χ0n) is 11.7. The first-order chi connectivity index (χ1) is 10.3. The number of ether oxygens (including phenoxy) is 1. The Balaban J connectivity index is 2.03. The van der Waals surface area contributed by atoms with Crippen molar-refractivity contribution in [1.29, 1.82) is 0 Å². The van der Waals surface area contributed by atoms with Crippen LogP contribution in [-0.4, -0.2) is 17.6 Å². The maximum atomic E-state index is 12.6. The SMILES string of the molecule is COc1cccc(-c2cccn2C(=O)c2ccccc2)c1. The van der Waals surface area contributed by atoms with Crippen LogP contribution in [0, 0.1) is 0 Å². The lowest BCUT2D eigenvalue weighted by Crippen LogP contribution is -2.11. The Bertz CT molecular complexity index is 760. The van der Waals surface area contributed by atoms with E-state index in [0.29, 0.717) is 5.56 Å². The Labute approximate surface area is 123 Å². The second-order valence-corrected chi connectivity index (χ2v) is 4.67. The topological polar surface area (TPSA) is 31.2 Å². The Morgan fingerprint density at radius 2 is 1.76 bits per heavy atom. The second-order valence-electron chi connectivity index (χ2n) is 4.67. The summed E-state index contributed by atoms with van der Waals surface area (Å²) in [5.41, 5.74) is 2.46. The van der Waals surface area contributed by atoms with Gasteiger partial charge in [0.2, 0.25) is 0 Å². The lowest BCUT2D eigenvalue weighted by Gasteiger charge is -2.09. The van der Waals surface area contributed by atoms with Crippen LogP contribution in [-0.2, 0) is 0 Å². The van der Waals surface area contributed by atoms with E-state index in [1.165, 1.54) is 0 Å². The zero-order valence-corrected chi connectivity index (χ0v) is 11.7. The van der Waals surface area contributed by atoms with E-state index in [2.05, 4.69) is 0 Å². The average molecular weight is 277 g/mol. The number of methoxy groups -OCH3 is 1. The standard InChI is InChI=1S/C18H15NO2/c1-21-16-10-5-9-15(13-16)17-11-6-12-19(17)18(20)14-7-3-2-4-8-14/h2-13H,1H3. The molecule has 1 heterocycles. The molecule has 0 fully saturated rings. The minimum atomic E-state index is -0.0431. The smallest absolute Gasteiger partial charge is 0.262 e. The van der Waals surface area contributed by atoms with Crippen LogP contribution >= 0.6 is 0 Å². The maximum Gasteiger partial charge on any atom is 0.262 e. The zero-order chi connectivity index (χ0) is 14.7. The highest BCUT2D eigenvalue weighted by Crippen LogP contribution is 2.25. The van der Waals surface area contributed by atoms with Crippen LogP contribution in [0.5, 0.6) is 5.75 Å². The summed E-state index contributed by atoms with van der Waals surface area (Å²) in [5.74, 6) is 0.728. The summed E-state index contributed by atoms with van der Waals surface area (Å²) in [5, 5.41) is 0. The van der Waals surface area contributed by atoms with Crippen molar-refractivity contribution in [3.63, 3.8) is 0 Å². The van der Waals surface area contributed by atoms with E-state index in [9.17, 15) is 4.79 Å². The fourth-order valence-electron chi connectivity index (χ4n) is 2.30. The van der Waals surface area contributed by atoms with Gasteiger partial charge in [0.1, 0.15) is 5.75 Å². The lowest BCUT2D eigenvalue weighted by atomic mass is 10.1. The van der Waals surface area contributed by atoms with Gasteiger partial charge in [0.05, 0.1) is 12.8 Å². The summed E-state index contributed by atoms with van der Waals surface area (Å²) in [4.78, 5) is 12.6. The van der Waals surface area contributed by atoms with Gasteiger partial charge in [0.15, 0.2) is 0 Å². The lowest BCUT2D eigenvalue weighted by molar-refractivity contribution is 0.0962. The van der Waals surface area contributed by atoms with Crippen molar-refractivity contribution >= 4 is 5.91 Å². The predicted octanol–water partition coefficient (Wildman–Crippen LogP) is 3.85. The molecule has 0 saturated heterocycles. The van der Waals surface area contributed by atoms with Crippen LogP contribution in [0.15, 0.2) is 72.9 Å². The molecule has 0 bridgehead atoms. The van der Waals surface area contributed by atoms with Crippen molar-refractivity contribution in [2.75, 3.05) is 7.11 Å². The molecule has 3 rings (SSSR count). The molecule has 1 aromatic heterocycles. The largest absolute Gasteiger partial charge is 0.497 e. The summed E-state index contributed by atoms with van der Waals surface area (Å²) >= 11 is 0. The number of hydrogen-bond acceptors (Lipinski definition) is 2. The first-order valence-corrected chi connectivity index (χ1v) is 6.71. The van der Waals surface area contributed by atoms with E-state index in [4.69, 9.17) is 4.74 Å². The fraction of sp³-hybridized carbons (Fsp3) is 0.0556. The molecular formula is C18H15NO2. The molecule has 0 atom stereocenters. The van der Waals surface area contributed by atoms with Gasteiger partial charge in [0, 0.05) is 17.3 Å². The van der Waals surface area contributed by atoms with Gasteiger partial charge in [-0.3, -0.25) is 9.36 Å². The Kier molecular flexibility index (Phi) is 3.56. The molecule has 2 aromatic carbocycles. The minimum Gasteiger partial charge on any atom is -0.497 e. The molecule has 0 unspecified atom stereocenters. The van der Waals surface area contributed by atoms with Gasteiger partial charge in [-0.05, 0) is 36.4 Å². The first kappa shape index (κ1) is 13.2. The van der Waals surface area contributed by atoms with Crippen molar-refractivity contribution in [3.05, 3.63) is 78.5 Å². The fourth-order valence-corrected chi connectivity index (χ4v) is 2.30. The molecule has 104 valence electrons. The highest BCUT2D eigenvalue weighted by Gasteiger charge is 2.13. The Morgan fingerprint density at radius 1 is 0.952 bits per heavy atom. The van der Waals surface area contributed by atoms with Gasteiger partial charge in [-0.15, -0.1) is 0 Å². The molecule has 3 nitrogen and oxygen atoms in total. The molecule has 21 heavy (non-hydrogen) atoms. The number of rotatable bonds is 3. The molecule has 0 aliphatic rings. The molecule has 3 aromatic rings. The molecule has 0 amide bonds. The van der Waals surface area contributed by atoms with Crippen molar-refractivity contribution < 1.29 is 9.53 Å². The molecule has 0 spiro atoms. The van der Waals surface area contributed by atoms with Crippen molar-refractivity contribution in [1.82, 2.24) is 4.57 Å². The van der Waals surface area contributed by atoms with Gasteiger partial charge in [-0.25, -0.2) is 0 Å². The van der Waals surface area contributed by atoms with Crippen LogP contribution < -0.4 is 4.74 Å². The van der Waals surface area contributed by atoms with E-state index in [0.717, 1.165) is 17.0 Å². The summed E-state index contributed by atoms with van der Waals surface area (Å²) in [6.07, 6.45) is 1.78. The van der Waals surface area contributed by atoms with Gasteiger partial charge < -0.3 is 4.74 Å². The molecule has 0 radical (unpaired) electrons. The number of carbonyl (C=O) groups is 1. The minimum absolute atomic E-state index is 0.0431. The predicted molar refractivity (Wildman–Crippen MR) is 82.6 cm³/mol. The van der Waals surface area contributed by atoms with E-state index in [1.54, 1.807) is 17.9 Å². The molecular weight excluding hydrogens is 262 g/mol. The number of benzene rings is 2. The van der Waals surface area contributed by atoms with E-state index >= 15 is 0 Å². The molecule has 0 saturated carbocycles. The van der Waals surface area contributed by atoms with Crippen LogP contribution in [0.3, 0.4) is 0 Å². The Morgan fingerprint density at radius 3 is 2.52 bits per heavy atom. The van der Waals surface area contributed by atoms with Crippen LogP contribution in [0.25, 0.3) is 11.3 Å². The summed E-state index contributed by atoms with van der Waals surface area (Å²) in [6, 6.07) is 20.7. The molecule has 3 heteroatoms. The van der Waals surface area contributed by atoms with E-state index in [-0.39, 0.29) is 5.91 Å². The van der Waals surface area contributed by atoms with Crippen LogP contribution in [0.2, 0.25) is 0 Å². The van der Waals surface area contributed by atoms with Crippen molar-refractivity contribution in [3.8, 4) is 17.0 Å².